The van der Waals surface area contributed by atoms with Crippen LogP contribution in [0.5, 0.6) is 0 Å². The first-order valence-corrected chi connectivity index (χ1v) is 8.72. The third kappa shape index (κ3) is 3.85. The molecular weight excluding hydrogens is 338 g/mol. The molecule has 0 aromatic heterocycles. The molecule has 0 atom stereocenters. The molecule has 2 aromatic carbocycles. The average molecular weight is 358 g/mol. The van der Waals surface area contributed by atoms with Crippen LogP contribution < -0.4 is 5.32 Å². The van der Waals surface area contributed by atoms with E-state index in [1.165, 1.54) is 11.6 Å². The number of carbonyl (C=O) groups excluding carboxylic acids is 1. The van der Waals surface area contributed by atoms with Gasteiger partial charge in [0.25, 0.3) is 0 Å². The average Bonchev–Trinajstić information content (AvgIpc) is 2.55. The molecule has 1 fully saturated rings. The van der Waals surface area contributed by atoms with Gasteiger partial charge in [0.1, 0.15) is 0 Å². The topological polar surface area (TPSA) is 66.4 Å². The zero-order chi connectivity index (χ0) is 17.9. The lowest BCUT2D eigenvalue weighted by Gasteiger charge is -2.42. The lowest BCUT2D eigenvalue weighted by atomic mass is 9.64. The quantitative estimate of drug-likeness (QED) is 0.825. The van der Waals surface area contributed by atoms with Crippen molar-refractivity contribution in [3.05, 3.63) is 70.2 Å². The molecule has 25 heavy (non-hydrogen) atoms. The maximum absolute atomic E-state index is 12.3. The van der Waals surface area contributed by atoms with E-state index in [1.807, 2.05) is 24.3 Å². The van der Waals surface area contributed by atoms with Crippen molar-refractivity contribution in [2.24, 2.45) is 0 Å². The number of carbonyl (C=O) groups is 2. The molecule has 0 saturated heterocycles. The molecule has 0 spiro atoms. The van der Waals surface area contributed by atoms with E-state index in [-0.39, 0.29) is 23.3 Å². The van der Waals surface area contributed by atoms with Gasteiger partial charge in [-0.15, -0.1) is 0 Å². The number of hydrogen-bond acceptors (Lipinski definition) is 2. The molecule has 1 amide bonds. The number of carboxylic acids is 1. The fourth-order valence-electron chi connectivity index (χ4n) is 3.36. The minimum Gasteiger partial charge on any atom is -0.478 e. The second-order valence-electron chi connectivity index (χ2n) is 6.56. The van der Waals surface area contributed by atoms with Crippen molar-refractivity contribution in [1.82, 2.24) is 5.32 Å². The van der Waals surface area contributed by atoms with Crippen molar-refractivity contribution in [3.63, 3.8) is 0 Å². The highest BCUT2D eigenvalue weighted by Crippen LogP contribution is 2.43. The molecule has 3 rings (SSSR count). The molecule has 0 radical (unpaired) electrons. The monoisotopic (exact) mass is 357 g/mol. The summed E-state index contributed by atoms with van der Waals surface area (Å²) < 4.78 is 0. The molecule has 130 valence electrons. The highest BCUT2D eigenvalue weighted by molar-refractivity contribution is 6.30. The van der Waals surface area contributed by atoms with Gasteiger partial charge in [-0.1, -0.05) is 48.4 Å². The van der Waals surface area contributed by atoms with Crippen LogP contribution in [0, 0.1) is 0 Å². The Bertz CT molecular complexity index is 782. The fourth-order valence-corrected chi connectivity index (χ4v) is 3.49. The standard InChI is InChI=1S/C20H20ClNO3/c21-16-8-6-15(7-9-16)20(10-3-11-20)13-22-18(23)12-14-4-1-2-5-17(14)19(24)25/h1-2,4-9H,3,10-13H2,(H,22,23)(H,24,25). The molecule has 2 N–H and O–H groups in total. The van der Waals surface area contributed by atoms with E-state index in [4.69, 9.17) is 11.6 Å². The van der Waals surface area contributed by atoms with Crippen LogP contribution in [-0.4, -0.2) is 23.5 Å². The molecule has 4 nitrogen and oxygen atoms in total. The fraction of sp³-hybridized carbons (Fsp3) is 0.300. The highest BCUT2D eigenvalue weighted by Gasteiger charge is 2.38. The first-order chi connectivity index (χ1) is 12.0. The number of carboxylic acid groups (broad SMARTS) is 1. The van der Waals surface area contributed by atoms with E-state index in [0.717, 1.165) is 19.3 Å². The minimum atomic E-state index is -1.01. The SMILES string of the molecule is O=C(Cc1ccccc1C(=O)O)NCC1(c2ccc(Cl)cc2)CCC1. The van der Waals surface area contributed by atoms with Crippen LogP contribution >= 0.6 is 11.6 Å². The second kappa shape index (κ2) is 7.28. The molecule has 1 saturated carbocycles. The number of halogens is 1. The van der Waals surface area contributed by atoms with E-state index < -0.39 is 5.97 Å². The van der Waals surface area contributed by atoms with Crippen molar-refractivity contribution in [3.8, 4) is 0 Å². The van der Waals surface area contributed by atoms with Crippen molar-refractivity contribution in [2.75, 3.05) is 6.54 Å². The van der Waals surface area contributed by atoms with Crippen LogP contribution in [-0.2, 0) is 16.6 Å². The Morgan fingerprint density at radius 1 is 1.08 bits per heavy atom. The van der Waals surface area contributed by atoms with Gasteiger partial charge in [-0.05, 0) is 42.2 Å². The summed E-state index contributed by atoms with van der Waals surface area (Å²) >= 11 is 5.96. The number of nitrogens with one attached hydrogen (secondary N) is 1. The molecule has 0 aliphatic heterocycles. The summed E-state index contributed by atoms with van der Waals surface area (Å²) in [7, 11) is 0. The summed E-state index contributed by atoms with van der Waals surface area (Å²) in [5, 5.41) is 12.9. The molecule has 0 unspecified atom stereocenters. The van der Waals surface area contributed by atoms with Crippen LogP contribution in [0.25, 0.3) is 0 Å². The molecule has 1 aliphatic carbocycles. The smallest absolute Gasteiger partial charge is 0.335 e. The molecule has 2 aromatic rings. The van der Waals surface area contributed by atoms with Gasteiger partial charge in [-0.3, -0.25) is 4.79 Å². The summed E-state index contributed by atoms with van der Waals surface area (Å²) in [5.41, 5.74) is 1.86. The predicted molar refractivity (Wildman–Crippen MR) is 97.1 cm³/mol. The van der Waals surface area contributed by atoms with E-state index in [2.05, 4.69) is 5.32 Å². The van der Waals surface area contributed by atoms with Gasteiger partial charge in [0.15, 0.2) is 0 Å². The maximum atomic E-state index is 12.3. The number of amides is 1. The van der Waals surface area contributed by atoms with Gasteiger partial charge in [0.05, 0.1) is 12.0 Å². The third-order valence-electron chi connectivity index (χ3n) is 4.99. The molecule has 0 bridgehead atoms. The minimum absolute atomic E-state index is 0.0352. The summed E-state index contributed by atoms with van der Waals surface area (Å²) in [6, 6.07) is 14.4. The van der Waals surface area contributed by atoms with Crippen LogP contribution in [0.1, 0.15) is 40.7 Å². The molecule has 0 heterocycles. The lowest BCUT2D eigenvalue weighted by Crippen LogP contribution is -2.46. The predicted octanol–water partition coefficient (Wildman–Crippen LogP) is 3.82. The Hall–Kier alpha value is -2.33. The van der Waals surface area contributed by atoms with Crippen molar-refractivity contribution < 1.29 is 14.7 Å². The van der Waals surface area contributed by atoms with Gasteiger partial charge in [-0.25, -0.2) is 4.79 Å². The molecule has 1 aliphatic rings. The second-order valence-corrected chi connectivity index (χ2v) is 6.99. The van der Waals surface area contributed by atoms with Crippen LogP contribution in [0.3, 0.4) is 0 Å². The highest BCUT2D eigenvalue weighted by atomic mass is 35.5. The largest absolute Gasteiger partial charge is 0.478 e. The molecule has 5 heteroatoms. The van der Waals surface area contributed by atoms with Gasteiger partial charge >= 0.3 is 5.97 Å². The van der Waals surface area contributed by atoms with Gasteiger partial charge < -0.3 is 10.4 Å². The number of hydrogen-bond donors (Lipinski definition) is 2. The van der Waals surface area contributed by atoms with Gasteiger partial charge in [0.2, 0.25) is 5.91 Å². The lowest BCUT2D eigenvalue weighted by molar-refractivity contribution is -0.120. The Morgan fingerprint density at radius 2 is 1.76 bits per heavy atom. The maximum Gasteiger partial charge on any atom is 0.335 e. The zero-order valence-electron chi connectivity index (χ0n) is 13.8. The first kappa shape index (κ1) is 17.5. The van der Waals surface area contributed by atoms with Crippen molar-refractivity contribution in [2.45, 2.75) is 31.1 Å². The number of rotatable bonds is 6. The van der Waals surface area contributed by atoms with E-state index in [9.17, 15) is 14.7 Å². The molecular formula is C20H20ClNO3. The Labute approximate surface area is 151 Å². The van der Waals surface area contributed by atoms with Crippen LogP contribution in [0.4, 0.5) is 0 Å². The first-order valence-electron chi connectivity index (χ1n) is 8.34. The Balaban J connectivity index is 1.66. The summed E-state index contributed by atoms with van der Waals surface area (Å²) in [4.78, 5) is 23.6. The summed E-state index contributed by atoms with van der Waals surface area (Å²) in [6.07, 6.45) is 3.26. The third-order valence-corrected chi connectivity index (χ3v) is 5.24. The number of benzene rings is 2. The van der Waals surface area contributed by atoms with Gasteiger partial charge in [-0.2, -0.15) is 0 Å². The Morgan fingerprint density at radius 3 is 2.36 bits per heavy atom. The van der Waals surface area contributed by atoms with E-state index in [0.29, 0.717) is 17.1 Å². The zero-order valence-corrected chi connectivity index (χ0v) is 14.6. The van der Waals surface area contributed by atoms with Crippen LogP contribution in [0.2, 0.25) is 5.02 Å². The number of aromatic carboxylic acids is 1. The van der Waals surface area contributed by atoms with Gasteiger partial charge in [0, 0.05) is 17.0 Å². The van der Waals surface area contributed by atoms with E-state index >= 15 is 0 Å². The Kier molecular flexibility index (Phi) is 5.09. The summed E-state index contributed by atoms with van der Waals surface area (Å²) in [5.74, 6) is -1.17. The van der Waals surface area contributed by atoms with Crippen LogP contribution in [0.15, 0.2) is 48.5 Å². The normalized spacial score (nSPS) is 15.2. The van der Waals surface area contributed by atoms with Crippen molar-refractivity contribution in [1.29, 1.82) is 0 Å². The van der Waals surface area contributed by atoms with Crippen molar-refractivity contribution >= 4 is 23.5 Å². The van der Waals surface area contributed by atoms with E-state index in [1.54, 1.807) is 18.2 Å². The summed E-state index contributed by atoms with van der Waals surface area (Å²) in [6.45, 7) is 0.558.